The van der Waals surface area contributed by atoms with Crippen LogP contribution in [-0.2, 0) is 4.79 Å². The van der Waals surface area contributed by atoms with Crippen molar-refractivity contribution in [2.24, 2.45) is 0 Å². The van der Waals surface area contributed by atoms with Gasteiger partial charge in [-0.1, -0.05) is 18.2 Å². The number of rotatable bonds is 7. The molecule has 0 aromatic heterocycles. The normalized spacial score (nSPS) is 11.4. The molecule has 5 heteroatoms. The summed E-state index contributed by atoms with van der Waals surface area (Å²) in [6, 6.07) is 11.4. The molecule has 0 aliphatic heterocycles. The van der Waals surface area contributed by atoms with Crippen LogP contribution >= 0.6 is 0 Å². The fourth-order valence-corrected chi connectivity index (χ4v) is 2.71. The van der Waals surface area contributed by atoms with Gasteiger partial charge in [0, 0.05) is 18.4 Å². The van der Waals surface area contributed by atoms with Gasteiger partial charge >= 0.3 is 0 Å². The highest BCUT2D eigenvalue weighted by atomic mass is 16.5. The summed E-state index contributed by atoms with van der Waals surface area (Å²) in [7, 11) is 1.63. The van der Waals surface area contributed by atoms with Crippen molar-refractivity contribution < 1.29 is 19.5 Å². The number of Topliss-reactive ketones (excluding diaryl/α,β-unsaturated/α-hetero) is 1. The number of amides is 1. The van der Waals surface area contributed by atoms with Crippen LogP contribution in [0.1, 0.15) is 56.8 Å². The minimum absolute atomic E-state index is 0.0619. The van der Waals surface area contributed by atoms with Crippen LogP contribution in [0, 0.1) is 0 Å². The Labute approximate surface area is 154 Å². The average molecular weight is 357 g/mol. The molecular weight excluding hydrogens is 330 g/mol. The molecule has 0 aliphatic rings. The van der Waals surface area contributed by atoms with Crippen LogP contribution in [0.15, 0.2) is 36.4 Å². The molecule has 0 saturated heterocycles. The zero-order chi connectivity index (χ0) is 19.3. The molecule has 0 bridgehead atoms. The minimum Gasteiger partial charge on any atom is -0.497 e. The van der Waals surface area contributed by atoms with Crippen molar-refractivity contribution in [1.82, 2.24) is 5.06 Å². The van der Waals surface area contributed by atoms with E-state index in [4.69, 9.17) is 4.74 Å². The highest BCUT2D eigenvalue weighted by Crippen LogP contribution is 2.23. The summed E-state index contributed by atoms with van der Waals surface area (Å²) in [6.07, 6.45) is 1.81. The number of hydrogen-bond acceptors (Lipinski definition) is 4. The lowest BCUT2D eigenvalue weighted by atomic mass is 10.0. The highest BCUT2D eigenvalue weighted by molar-refractivity contribution is 6.00. The first-order chi connectivity index (χ1) is 12.2. The van der Waals surface area contributed by atoms with Gasteiger partial charge in [0.2, 0.25) is 5.91 Å². The smallest absolute Gasteiger partial charge is 0.246 e. The van der Waals surface area contributed by atoms with Crippen LogP contribution in [-0.4, -0.2) is 34.6 Å². The van der Waals surface area contributed by atoms with Crippen molar-refractivity contribution in [2.75, 3.05) is 7.11 Å². The molecule has 0 saturated carbocycles. The molecule has 0 aliphatic carbocycles. The van der Waals surface area contributed by atoms with Gasteiger partial charge in [-0.05, 0) is 62.6 Å². The first-order valence-corrected chi connectivity index (χ1v) is 8.85. The lowest BCUT2D eigenvalue weighted by molar-refractivity contribution is -0.186. The Hall–Kier alpha value is -2.40. The van der Waals surface area contributed by atoms with Crippen LogP contribution in [0.4, 0.5) is 0 Å². The number of unbranched alkanes of at least 4 members (excludes halogenated alkanes) is 1. The Balaban J connectivity index is 1.88. The van der Waals surface area contributed by atoms with Gasteiger partial charge in [-0.15, -0.1) is 0 Å². The van der Waals surface area contributed by atoms with E-state index < -0.39 is 5.54 Å². The van der Waals surface area contributed by atoms with Crippen molar-refractivity contribution in [2.45, 2.75) is 52.0 Å². The van der Waals surface area contributed by atoms with Crippen molar-refractivity contribution in [3.63, 3.8) is 0 Å². The largest absolute Gasteiger partial charge is 0.497 e. The SMILES string of the molecule is COc1ccc2cc(C(=O)CCCCC(=O)N(O)C(C)(C)C)ccc2c1. The third-order valence-electron chi connectivity index (χ3n) is 4.29. The number of hydroxylamine groups is 2. The summed E-state index contributed by atoms with van der Waals surface area (Å²) < 4.78 is 5.21. The second kappa shape index (κ2) is 8.32. The molecule has 2 aromatic carbocycles. The van der Waals surface area contributed by atoms with Crippen LogP contribution in [0.3, 0.4) is 0 Å². The van der Waals surface area contributed by atoms with E-state index in [-0.39, 0.29) is 18.1 Å². The summed E-state index contributed by atoms with van der Waals surface area (Å²) in [4.78, 5) is 24.3. The molecule has 0 radical (unpaired) electrons. The van der Waals surface area contributed by atoms with E-state index in [0.29, 0.717) is 24.8 Å². The summed E-state index contributed by atoms with van der Waals surface area (Å²) >= 11 is 0. The quantitative estimate of drug-likeness (QED) is 0.340. The standard InChI is InChI=1S/C21H27NO4/c1-21(2,3)22(25)20(24)8-6-5-7-19(23)17-10-9-16-14-18(26-4)12-11-15(16)13-17/h9-14,25H,5-8H2,1-4H3. The molecule has 0 atom stereocenters. The number of carbonyl (C=O) groups excluding carboxylic acids is 2. The average Bonchev–Trinajstić information content (AvgIpc) is 2.62. The maximum absolute atomic E-state index is 12.4. The van der Waals surface area contributed by atoms with Gasteiger partial charge in [-0.3, -0.25) is 14.8 Å². The van der Waals surface area contributed by atoms with Crippen molar-refractivity contribution in [3.05, 3.63) is 42.0 Å². The molecule has 0 heterocycles. The highest BCUT2D eigenvalue weighted by Gasteiger charge is 2.24. The minimum atomic E-state index is -0.610. The fourth-order valence-electron chi connectivity index (χ4n) is 2.71. The molecule has 0 spiro atoms. The van der Waals surface area contributed by atoms with E-state index in [0.717, 1.165) is 21.6 Å². The Morgan fingerprint density at radius 1 is 1.00 bits per heavy atom. The lowest BCUT2D eigenvalue weighted by Crippen LogP contribution is -2.42. The van der Waals surface area contributed by atoms with Gasteiger partial charge < -0.3 is 4.74 Å². The molecule has 2 aromatic rings. The fraction of sp³-hybridized carbons (Fsp3) is 0.429. The maximum Gasteiger partial charge on any atom is 0.246 e. The van der Waals surface area contributed by atoms with E-state index in [1.807, 2.05) is 36.4 Å². The van der Waals surface area contributed by atoms with Gasteiger partial charge in [0.1, 0.15) is 5.75 Å². The number of methoxy groups -OCH3 is 1. The van der Waals surface area contributed by atoms with Gasteiger partial charge in [0.25, 0.3) is 0 Å². The number of ether oxygens (including phenoxy) is 1. The molecule has 0 unspecified atom stereocenters. The second-order valence-electron chi connectivity index (χ2n) is 7.43. The number of nitrogens with zero attached hydrogens (tertiary/aromatic N) is 1. The topological polar surface area (TPSA) is 66.8 Å². The van der Waals surface area contributed by atoms with Gasteiger partial charge in [0.15, 0.2) is 5.78 Å². The summed E-state index contributed by atoms with van der Waals surface area (Å²) in [5.74, 6) is 0.533. The molecule has 1 N–H and O–H groups in total. The maximum atomic E-state index is 12.4. The summed E-state index contributed by atoms with van der Waals surface area (Å²) in [5.41, 5.74) is 0.0631. The number of fused-ring (bicyclic) bond motifs is 1. The van der Waals surface area contributed by atoms with Gasteiger partial charge in [-0.2, -0.15) is 0 Å². The second-order valence-corrected chi connectivity index (χ2v) is 7.43. The molecule has 26 heavy (non-hydrogen) atoms. The van der Waals surface area contributed by atoms with Crippen molar-refractivity contribution in [3.8, 4) is 5.75 Å². The molecule has 2 rings (SSSR count). The van der Waals surface area contributed by atoms with Crippen molar-refractivity contribution in [1.29, 1.82) is 0 Å². The molecule has 140 valence electrons. The van der Waals surface area contributed by atoms with Gasteiger partial charge in [0.05, 0.1) is 12.6 Å². The number of ketones is 1. The van der Waals surface area contributed by atoms with Gasteiger partial charge in [-0.25, -0.2) is 5.06 Å². The number of carbonyl (C=O) groups is 2. The summed E-state index contributed by atoms with van der Waals surface area (Å²) in [5, 5.41) is 12.6. The predicted octanol–water partition coefficient (Wildman–Crippen LogP) is 4.61. The first-order valence-electron chi connectivity index (χ1n) is 8.85. The monoisotopic (exact) mass is 357 g/mol. The molecule has 5 nitrogen and oxygen atoms in total. The zero-order valence-corrected chi connectivity index (χ0v) is 15.9. The molecule has 0 fully saturated rings. The predicted molar refractivity (Wildman–Crippen MR) is 102 cm³/mol. The van der Waals surface area contributed by atoms with Crippen LogP contribution in [0.5, 0.6) is 5.75 Å². The van der Waals surface area contributed by atoms with Crippen LogP contribution in [0.25, 0.3) is 10.8 Å². The Kier molecular flexibility index (Phi) is 6.37. The third-order valence-corrected chi connectivity index (χ3v) is 4.29. The van der Waals surface area contributed by atoms with E-state index in [1.54, 1.807) is 27.9 Å². The molecule has 1 amide bonds. The van der Waals surface area contributed by atoms with E-state index in [1.165, 1.54) is 0 Å². The molecular formula is C21H27NO4. The lowest BCUT2D eigenvalue weighted by Gasteiger charge is -2.29. The summed E-state index contributed by atoms with van der Waals surface area (Å²) in [6.45, 7) is 5.30. The van der Waals surface area contributed by atoms with E-state index in [2.05, 4.69) is 0 Å². The van der Waals surface area contributed by atoms with E-state index >= 15 is 0 Å². The number of benzene rings is 2. The van der Waals surface area contributed by atoms with Crippen LogP contribution in [0.2, 0.25) is 0 Å². The Morgan fingerprint density at radius 3 is 2.27 bits per heavy atom. The first kappa shape index (κ1) is 19.9. The Morgan fingerprint density at radius 2 is 1.62 bits per heavy atom. The van der Waals surface area contributed by atoms with Crippen LogP contribution < -0.4 is 4.74 Å². The zero-order valence-electron chi connectivity index (χ0n) is 15.9. The third kappa shape index (κ3) is 5.05. The van der Waals surface area contributed by atoms with Crippen molar-refractivity contribution >= 4 is 22.5 Å². The number of hydrogen-bond donors (Lipinski definition) is 1. The van der Waals surface area contributed by atoms with E-state index in [9.17, 15) is 14.8 Å². The Bertz CT molecular complexity index is 792.